The van der Waals surface area contributed by atoms with Crippen LogP contribution in [-0.2, 0) is 4.74 Å². The minimum absolute atomic E-state index is 0.321. The van der Waals surface area contributed by atoms with Crippen molar-refractivity contribution in [3.05, 3.63) is 36.6 Å². The van der Waals surface area contributed by atoms with Crippen molar-refractivity contribution in [1.82, 2.24) is 4.90 Å². The smallest absolute Gasteiger partial charge is 0.414 e. The van der Waals surface area contributed by atoms with Gasteiger partial charge in [0.1, 0.15) is 5.60 Å². The third kappa shape index (κ3) is 4.49. The van der Waals surface area contributed by atoms with Crippen molar-refractivity contribution < 1.29 is 9.53 Å². The van der Waals surface area contributed by atoms with E-state index < -0.39 is 5.60 Å². The average molecular weight is 207 g/mol. The molecule has 0 atom stereocenters. The molecule has 0 radical (unpaired) electrons. The standard InChI is InChI=1S/C12H17NO2/c1-12(2,3)15-11(14)13-9-7-5-4-6-8-10-13/h4-9H,10H2,1-3H3/b5-4-,8-6-,9-7-. The average Bonchev–Trinajstić information content (AvgIpc) is 1.98. The predicted molar refractivity (Wildman–Crippen MR) is 60.4 cm³/mol. The molecule has 82 valence electrons. The lowest BCUT2D eigenvalue weighted by molar-refractivity contribution is 0.0352. The molecule has 3 heteroatoms. The monoisotopic (exact) mass is 207 g/mol. The van der Waals surface area contributed by atoms with Crippen molar-refractivity contribution in [2.45, 2.75) is 26.4 Å². The van der Waals surface area contributed by atoms with Crippen molar-refractivity contribution in [2.24, 2.45) is 0 Å². The van der Waals surface area contributed by atoms with E-state index in [-0.39, 0.29) is 6.09 Å². The third-order valence-corrected chi connectivity index (χ3v) is 1.67. The Morgan fingerprint density at radius 1 is 1.20 bits per heavy atom. The fourth-order valence-corrected chi connectivity index (χ4v) is 1.05. The van der Waals surface area contributed by atoms with Gasteiger partial charge in [0.15, 0.2) is 0 Å². The number of amides is 1. The molecule has 0 aliphatic carbocycles. The lowest BCUT2D eigenvalue weighted by Gasteiger charge is -2.24. The van der Waals surface area contributed by atoms with Crippen LogP contribution in [0.15, 0.2) is 36.6 Å². The summed E-state index contributed by atoms with van der Waals surface area (Å²) in [5, 5.41) is 0. The van der Waals surface area contributed by atoms with Gasteiger partial charge >= 0.3 is 6.09 Å². The molecule has 0 aromatic rings. The summed E-state index contributed by atoms with van der Waals surface area (Å²) in [6.45, 7) is 6.10. The van der Waals surface area contributed by atoms with Gasteiger partial charge in [-0.25, -0.2) is 4.79 Å². The molecule has 0 aromatic carbocycles. The molecular formula is C12H17NO2. The molecule has 0 fully saturated rings. The van der Waals surface area contributed by atoms with Gasteiger partial charge in [-0.1, -0.05) is 24.3 Å². The Morgan fingerprint density at radius 2 is 1.87 bits per heavy atom. The van der Waals surface area contributed by atoms with E-state index >= 15 is 0 Å². The minimum atomic E-state index is -0.452. The zero-order valence-electron chi connectivity index (χ0n) is 9.43. The van der Waals surface area contributed by atoms with Crippen LogP contribution < -0.4 is 0 Å². The molecule has 0 unspecified atom stereocenters. The number of hydrogen-bond acceptors (Lipinski definition) is 2. The van der Waals surface area contributed by atoms with Crippen LogP contribution in [-0.4, -0.2) is 23.1 Å². The molecule has 1 rings (SSSR count). The first-order valence-electron chi connectivity index (χ1n) is 4.99. The van der Waals surface area contributed by atoms with Gasteiger partial charge < -0.3 is 4.74 Å². The molecule has 1 aliphatic heterocycles. The van der Waals surface area contributed by atoms with Crippen molar-refractivity contribution >= 4 is 6.09 Å². The number of hydrogen-bond donors (Lipinski definition) is 0. The van der Waals surface area contributed by atoms with Gasteiger partial charge in [0.25, 0.3) is 0 Å². The Hall–Kier alpha value is -1.51. The molecule has 1 amide bonds. The lowest BCUT2D eigenvalue weighted by atomic mass is 10.2. The van der Waals surface area contributed by atoms with Crippen LogP contribution in [0.5, 0.6) is 0 Å². The summed E-state index contributed by atoms with van der Waals surface area (Å²) in [7, 11) is 0. The highest BCUT2D eigenvalue weighted by Gasteiger charge is 2.19. The van der Waals surface area contributed by atoms with Crippen LogP contribution in [0.3, 0.4) is 0 Å². The number of nitrogens with zero attached hydrogens (tertiary/aromatic N) is 1. The zero-order valence-corrected chi connectivity index (χ0v) is 9.43. The highest BCUT2D eigenvalue weighted by atomic mass is 16.6. The van der Waals surface area contributed by atoms with Crippen molar-refractivity contribution in [2.75, 3.05) is 6.54 Å². The maximum absolute atomic E-state index is 11.7. The maximum Gasteiger partial charge on any atom is 0.414 e. The fourth-order valence-electron chi connectivity index (χ4n) is 1.05. The van der Waals surface area contributed by atoms with E-state index in [1.807, 2.05) is 51.2 Å². The summed E-state index contributed by atoms with van der Waals surface area (Å²) in [5.41, 5.74) is -0.452. The van der Waals surface area contributed by atoms with E-state index in [1.165, 1.54) is 4.90 Å². The van der Waals surface area contributed by atoms with Gasteiger partial charge in [-0.2, -0.15) is 0 Å². The zero-order chi connectivity index (χ0) is 11.3. The number of carbonyl (C=O) groups is 1. The Bertz CT molecular complexity index is 308. The second-order valence-electron chi connectivity index (χ2n) is 4.29. The van der Waals surface area contributed by atoms with Crippen LogP contribution in [0.2, 0.25) is 0 Å². The van der Waals surface area contributed by atoms with Crippen molar-refractivity contribution in [3.63, 3.8) is 0 Å². The van der Waals surface area contributed by atoms with Crippen molar-refractivity contribution in [1.29, 1.82) is 0 Å². The van der Waals surface area contributed by atoms with E-state index in [9.17, 15) is 4.79 Å². The Morgan fingerprint density at radius 3 is 2.53 bits per heavy atom. The SMILES string of the molecule is CC(C)(C)OC(=O)N1\C=C/C=C\C=C/C1. The Kier molecular flexibility index (Phi) is 3.72. The Balaban J connectivity index is 2.63. The largest absolute Gasteiger partial charge is 0.443 e. The molecular weight excluding hydrogens is 190 g/mol. The summed E-state index contributed by atoms with van der Waals surface area (Å²) in [6, 6.07) is 0. The topological polar surface area (TPSA) is 29.5 Å². The molecule has 15 heavy (non-hydrogen) atoms. The first-order chi connectivity index (χ1) is 6.99. The highest BCUT2D eigenvalue weighted by molar-refractivity contribution is 5.69. The minimum Gasteiger partial charge on any atom is -0.443 e. The highest BCUT2D eigenvalue weighted by Crippen LogP contribution is 2.10. The van der Waals surface area contributed by atoms with Crippen molar-refractivity contribution in [3.8, 4) is 0 Å². The summed E-state index contributed by atoms with van der Waals surface area (Å²) >= 11 is 0. The predicted octanol–water partition coefficient (Wildman–Crippen LogP) is 2.86. The van der Waals surface area contributed by atoms with Crippen LogP contribution in [0, 0.1) is 0 Å². The van der Waals surface area contributed by atoms with E-state index in [2.05, 4.69) is 0 Å². The molecule has 0 bridgehead atoms. The normalized spacial score (nSPS) is 22.5. The molecule has 3 nitrogen and oxygen atoms in total. The van der Waals surface area contributed by atoms with E-state index in [1.54, 1.807) is 6.20 Å². The molecule has 0 saturated carbocycles. The summed E-state index contributed by atoms with van der Waals surface area (Å²) in [6.07, 6.45) is 10.8. The second kappa shape index (κ2) is 4.82. The van der Waals surface area contributed by atoms with Gasteiger partial charge in [0, 0.05) is 12.7 Å². The summed E-state index contributed by atoms with van der Waals surface area (Å²) in [4.78, 5) is 13.2. The first-order valence-corrected chi connectivity index (χ1v) is 4.99. The van der Waals surface area contributed by atoms with Crippen LogP contribution in [0.25, 0.3) is 0 Å². The fraction of sp³-hybridized carbons (Fsp3) is 0.417. The number of ether oxygens (including phenoxy) is 1. The van der Waals surface area contributed by atoms with E-state index in [0.29, 0.717) is 6.54 Å². The third-order valence-electron chi connectivity index (χ3n) is 1.67. The Labute approximate surface area is 90.7 Å². The number of allylic oxidation sites excluding steroid dienone is 4. The molecule has 0 N–H and O–H groups in total. The quantitative estimate of drug-likeness (QED) is 0.611. The maximum atomic E-state index is 11.7. The number of carbonyl (C=O) groups excluding carboxylic acids is 1. The van der Waals surface area contributed by atoms with Gasteiger partial charge in [0.2, 0.25) is 0 Å². The molecule has 1 heterocycles. The molecule has 0 spiro atoms. The van der Waals surface area contributed by atoms with Gasteiger partial charge in [-0.05, 0) is 26.8 Å². The van der Waals surface area contributed by atoms with Gasteiger partial charge in [0.05, 0.1) is 0 Å². The van der Waals surface area contributed by atoms with E-state index in [4.69, 9.17) is 4.74 Å². The van der Waals surface area contributed by atoms with E-state index in [0.717, 1.165) is 0 Å². The van der Waals surface area contributed by atoms with Gasteiger partial charge in [-0.15, -0.1) is 0 Å². The summed E-state index contributed by atoms with van der Waals surface area (Å²) < 4.78 is 5.25. The number of rotatable bonds is 0. The lowest BCUT2D eigenvalue weighted by Crippen LogP contribution is -2.33. The van der Waals surface area contributed by atoms with Crippen LogP contribution in [0.4, 0.5) is 4.79 Å². The van der Waals surface area contributed by atoms with Crippen LogP contribution in [0.1, 0.15) is 20.8 Å². The molecule has 0 aromatic heterocycles. The first kappa shape index (κ1) is 11.6. The summed E-state index contributed by atoms with van der Waals surface area (Å²) in [5.74, 6) is 0. The van der Waals surface area contributed by atoms with Crippen LogP contribution >= 0.6 is 0 Å². The van der Waals surface area contributed by atoms with Gasteiger partial charge in [-0.3, -0.25) is 4.90 Å². The second-order valence-corrected chi connectivity index (χ2v) is 4.29. The molecule has 1 aliphatic rings. The molecule has 0 saturated heterocycles.